The van der Waals surface area contributed by atoms with Crippen molar-refractivity contribution in [1.82, 2.24) is 5.32 Å². The molecule has 1 heterocycles. The van der Waals surface area contributed by atoms with E-state index in [1.54, 1.807) is 12.0 Å². The van der Waals surface area contributed by atoms with Crippen molar-refractivity contribution < 1.29 is 19.1 Å². The van der Waals surface area contributed by atoms with Gasteiger partial charge in [0.05, 0.1) is 31.6 Å². The van der Waals surface area contributed by atoms with E-state index in [2.05, 4.69) is 22.3 Å². The summed E-state index contributed by atoms with van der Waals surface area (Å²) in [5.41, 5.74) is 11.5. The Balaban J connectivity index is 1.36. The zero-order valence-electron chi connectivity index (χ0n) is 28.4. The molecule has 49 heavy (non-hydrogen) atoms. The number of anilines is 3. The fraction of sp³-hybridized carbons (Fsp3) is 0.341. The molecule has 3 N–H and O–H groups in total. The minimum Gasteiger partial charge on any atom is -0.497 e. The maximum Gasteiger partial charge on any atom is 0.251 e. The summed E-state index contributed by atoms with van der Waals surface area (Å²) in [6, 6.07) is 33.0. The van der Waals surface area contributed by atoms with E-state index < -0.39 is 23.8 Å². The van der Waals surface area contributed by atoms with E-state index in [9.17, 15) is 14.4 Å². The van der Waals surface area contributed by atoms with Crippen LogP contribution < -0.4 is 25.6 Å². The highest BCUT2D eigenvalue weighted by Gasteiger charge is 2.40. The topological polar surface area (TPSA) is 105 Å². The van der Waals surface area contributed by atoms with Crippen LogP contribution in [0.3, 0.4) is 0 Å². The monoisotopic (exact) mass is 658 g/mol. The van der Waals surface area contributed by atoms with Crippen LogP contribution in [0.1, 0.15) is 51.0 Å². The van der Waals surface area contributed by atoms with Gasteiger partial charge in [-0.1, -0.05) is 93.3 Å². The van der Waals surface area contributed by atoms with Crippen molar-refractivity contribution in [2.45, 2.75) is 58.0 Å². The molecular weight excluding hydrogens is 612 g/mol. The van der Waals surface area contributed by atoms with E-state index in [1.807, 2.05) is 97.9 Å². The molecule has 0 spiro atoms. The molecule has 254 valence electrons. The number of nitrogens with zero attached hydrogens (tertiary/aromatic N) is 2. The molecule has 0 aromatic heterocycles. The second-order valence-electron chi connectivity index (χ2n) is 13.3. The molecule has 8 heteroatoms. The first-order valence-corrected chi connectivity index (χ1v) is 17.4. The van der Waals surface area contributed by atoms with E-state index in [0.717, 1.165) is 65.2 Å². The molecule has 0 bridgehead atoms. The number of amides is 3. The number of ether oxygens (including phenoxy) is 1. The second-order valence-corrected chi connectivity index (χ2v) is 13.3. The third-order valence-electron chi connectivity index (χ3n) is 10.1. The number of methoxy groups -OCH3 is 1. The van der Waals surface area contributed by atoms with E-state index in [0.29, 0.717) is 25.3 Å². The molecule has 1 saturated carbocycles. The molecule has 2 aliphatic rings. The summed E-state index contributed by atoms with van der Waals surface area (Å²) in [4.78, 5) is 45.6. The van der Waals surface area contributed by atoms with Gasteiger partial charge in [0.2, 0.25) is 11.8 Å². The number of hydrogen-bond donors (Lipinski definition) is 2. The molecule has 6 rings (SSSR count). The van der Waals surface area contributed by atoms with Gasteiger partial charge >= 0.3 is 0 Å². The average Bonchev–Trinajstić information content (AvgIpc) is 3.22. The lowest BCUT2D eigenvalue weighted by molar-refractivity contribution is -0.136. The zero-order chi connectivity index (χ0) is 34.3. The first-order chi connectivity index (χ1) is 23.9. The quantitative estimate of drug-likeness (QED) is 0.158. The van der Waals surface area contributed by atoms with Crippen molar-refractivity contribution in [2.24, 2.45) is 23.5 Å². The third-order valence-corrected chi connectivity index (χ3v) is 10.1. The molecule has 8 nitrogen and oxygen atoms in total. The fourth-order valence-electron chi connectivity index (χ4n) is 7.20. The Labute approximate surface area is 289 Å². The second kappa shape index (κ2) is 15.4. The molecule has 3 atom stereocenters. The van der Waals surface area contributed by atoms with Gasteiger partial charge in [0.25, 0.3) is 5.91 Å². The minimum absolute atomic E-state index is 0.206. The van der Waals surface area contributed by atoms with E-state index in [1.165, 1.54) is 0 Å². The summed E-state index contributed by atoms with van der Waals surface area (Å²) in [5, 5.41) is 3.16. The number of rotatable bonds is 13. The Hall–Kier alpha value is -5.11. The van der Waals surface area contributed by atoms with E-state index in [4.69, 9.17) is 10.5 Å². The number of benzene rings is 4. The third kappa shape index (κ3) is 7.64. The lowest BCUT2D eigenvalue weighted by atomic mass is 9.74. The van der Waals surface area contributed by atoms with Crippen LogP contribution in [-0.2, 0) is 20.9 Å². The molecule has 1 aliphatic carbocycles. The maximum atomic E-state index is 14.8. The van der Waals surface area contributed by atoms with Crippen LogP contribution >= 0.6 is 0 Å². The van der Waals surface area contributed by atoms with Crippen LogP contribution in [-0.4, -0.2) is 37.4 Å². The van der Waals surface area contributed by atoms with Gasteiger partial charge in [0, 0.05) is 17.5 Å². The van der Waals surface area contributed by atoms with Crippen LogP contribution in [0.2, 0.25) is 0 Å². The van der Waals surface area contributed by atoms with Gasteiger partial charge in [-0.25, -0.2) is 0 Å². The summed E-state index contributed by atoms with van der Waals surface area (Å²) >= 11 is 0. The van der Waals surface area contributed by atoms with Crippen LogP contribution in [0.25, 0.3) is 11.1 Å². The summed E-state index contributed by atoms with van der Waals surface area (Å²) < 4.78 is 5.34. The van der Waals surface area contributed by atoms with Crippen molar-refractivity contribution >= 4 is 34.8 Å². The number of fused-ring (bicyclic) bond motifs is 1. The van der Waals surface area contributed by atoms with Gasteiger partial charge in [0.1, 0.15) is 11.8 Å². The molecule has 0 radical (unpaired) electrons. The van der Waals surface area contributed by atoms with Crippen LogP contribution in [0.15, 0.2) is 103 Å². The predicted octanol–water partition coefficient (Wildman–Crippen LogP) is 7.24. The Morgan fingerprint density at radius 1 is 0.878 bits per heavy atom. The molecular formula is C41H46N4O4. The number of carbonyl (C=O) groups excluding carboxylic acids is 3. The van der Waals surface area contributed by atoms with E-state index in [-0.39, 0.29) is 18.4 Å². The zero-order valence-corrected chi connectivity index (χ0v) is 28.4. The van der Waals surface area contributed by atoms with Crippen LogP contribution in [0, 0.1) is 17.8 Å². The van der Waals surface area contributed by atoms with Crippen molar-refractivity contribution in [3.63, 3.8) is 0 Å². The van der Waals surface area contributed by atoms with Gasteiger partial charge in [-0.2, -0.15) is 0 Å². The van der Waals surface area contributed by atoms with Crippen molar-refractivity contribution in [2.75, 3.05) is 23.5 Å². The molecule has 1 aliphatic heterocycles. The molecule has 4 aromatic rings. The van der Waals surface area contributed by atoms with Gasteiger partial charge in [-0.15, -0.1) is 0 Å². The predicted molar refractivity (Wildman–Crippen MR) is 194 cm³/mol. The number of hydrogen-bond acceptors (Lipinski definition) is 5. The van der Waals surface area contributed by atoms with Crippen LogP contribution in [0.5, 0.6) is 5.75 Å². The number of primary amides is 1. The lowest BCUT2D eigenvalue weighted by Gasteiger charge is -2.33. The maximum absolute atomic E-state index is 14.8. The first kappa shape index (κ1) is 33.8. The Morgan fingerprint density at radius 2 is 1.59 bits per heavy atom. The highest BCUT2D eigenvalue weighted by molar-refractivity contribution is 6.04. The van der Waals surface area contributed by atoms with Gasteiger partial charge in [-0.05, 0) is 77.9 Å². The van der Waals surface area contributed by atoms with Crippen molar-refractivity contribution in [1.29, 1.82) is 0 Å². The van der Waals surface area contributed by atoms with Gasteiger partial charge in [0.15, 0.2) is 0 Å². The minimum atomic E-state index is -0.871. The molecule has 1 fully saturated rings. The summed E-state index contributed by atoms with van der Waals surface area (Å²) in [6.45, 7) is 2.54. The molecule has 3 amide bonds. The molecule has 0 saturated heterocycles. The Bertz CT molecular complexity index is 1760. The summed E-state index contributed by atoms with van der Waals surface area (Å²) in [7, 11) is 1.65. The van der Waals surface area contributed by atoms with E-state index >= 15 is 0 Å². The number of para-hydroxylation sites is 3. The standard InChI is InChI=1S/C41H46N4O4/c1-3-11-34(39(42)46)35(25-28-12-9-13-28)40(47)43-36-27-44(32-16-5-4-6-17-32)37-18-7-8-19-38(37)45(41(36)48)26-29-14-10-15-31(24-29)30-20-22-33(49-2)23-21-30/h4-8,10,14-24,28,34-36H,3,9,11-13,25-27H2,1-2H3,(H2,42,46)(H,43,47). The number of nitrogens with two attached hydrogens (primary N) is 1. The first-order valence-electron chi connectivity index (χ1n) is 17.4. The average molecular weight is 659 g/mol. The van der Waals surface area contributed by atoms with Gasteiger partial charge in [-0.3, -0.25) is 14.4 Å². The van der Waals surface area contributed by atoms with Crippen molar-refractivity contribution in [3.05, 3.63) is 109 Å². The molecule has 4 aromatic carbocycles. The summed E-state index contributed by atoms with van der Waals surface area (Å²) in [5.74, 6) is -0.921. The number of nitrogens with one attached hydrogen (secondary N) is 1. The SMILES string of the molecule is CCCC(C(N)=O)C(CC1CCC1)C(=O)NC1CN(c2ccccc2)c2ccccc2N(Cc2cccc(-c3ccc(OC)cc3)c2)C1=O. The van der Waals surface area contributed by atoms with Crippen molar-refractivity contribution in [3.8, 4) is 16.9 Å². The Morgan fingerprint density at radius 3 is 2.24 bits per heavy atom. The lowest BCUT2D eigenvalue weighted by Crippen LogP contribution is -2.54. The fourth-order valence-corrected chi connectivity index (χ4v) is 7.20. The summed E-state index contributed by atoms with van der Waals surface area (Å²) in [6.07, 6.45) is 5.11. The normalized spacial score (nSPS) is 17.3. The molecule has 3 unspecified atom stereocenters. The van der Waals surface area contributed by atoms with Crippen LogP contribution in [0.4, 0.5) is 17.1 Å². The highest BCUT2D eigenvalue weighted by Crippen LogP contribution is 2.39. The smallest absolute Gasteiger partial charge is 0.251 e. The highest BCUT2D eigenvalue weighted by atomic mass is 16.5. The Kier molecular flexibility index (Phi) is 10.6. The number of carbonyl (C=O) groups is 3. The largest absolute Gasteiger partial charge is 0.497 e. The van der Waals surface area contributed by atoms with Gasteiger partial charge < -0.3 is 25.6 Å².